The maximum Gasteiger partial charge on any atom is 0.234 e. The van der Waals surface area contributed by atoms with E-state index in [0.29, 0.717) is 6.54 Å². The number of thiazole rings is 1. The molecule has 0 saturated carbocycles. The predicted octanol–water partition coefficient (Wildman–Crippen LogP) is 1.40. The van der Waals surface area contributed by atoms with Gasteiger partial charge in [0.2, 0.25) is 5.91 Å². The van der Waals surface area contributed by atoms with Gasteiger partial charge in [-0.1, -0.05) is 20.8 Å². The molecule has 1 aromatic rings. The van der Waals surface area contributed by atoms with E-state index in [9.17, 15) is 4.79 Å². The van der Waals surface area contributed by atoms with Gasteiger partial charge in [-0.25, -0.2) is 4.98 Å². The van der Waals surface area contributed by atoms with Crippen LogP contribution in [-0.2, 0) is 16.8 Å². The summed E-state index contributed by atoms with van der Waals surface area (Å²) in [5.74, 6) is -0.341. The molecule has 1 heterocycles. The lowest BCUT2D eigenvalue weighted by Gasteiger charge is -2.13. The van der Waals surface area contributed by atoms with Crippen molar-refractivity contribution in [2.24, 2.45) is 5.73 Å². The van der Waals surface area contributed by atoms with Gasteiger partial charge in [0.15, 0.2) is 0 Å². The maximum absolute atomic E-state index is 10.8. The van der Waals surface area contributed by atoms with E-state index in [1.165, 1.54) is 0 Å². The van der Waals surface area contributed by atoms with Crippen molar-refractivity contribution in [3.05, 3.63) is 16.1 Å². The van der Waals surface area contributed by atoms with Gasteiger partial charge in [-0.3, -0.25) is 4.79 Å². The van der Waals surface area contributed by atoms with Gasteiger partial charge in [0, 0.05) is 17.3 Å². The average molecular weight is 241 g/mol. The number of carbonyl (C=O) groups excluding carboxylic acids is 1. The molecule has 0 bridgehead atoms. The number of amides is 1. The second-order valence-electron chi connectivity index (χ2n) is 4.90. The molecule has 0 radical (unpaired) electrons. The summed E-state index contributed by atoms with van der Waals surface area (Å²) in [4.78, 5) is 15.3. The lowest BCUT2D eigenvalue weighted by molar-refractivity contribution is -0.119. The van der Waals surface area contributed by atoms with Crippen LogP contribution in [0.3, 0.4) is 0 Å². The Morgan fingerprint density at radius 3 is 2.69 bits per heavy atom. The normalized spacial score (nSPS) is 13.8. The highest BCUT2D eigenvalue weighted by atomic mass is 32.1. The molecule has 0 aliphatic heterocycles. The van der Waals surface area contributed by atoms with Crippen molar-refractivity contribution in [3.63, 3.8) is 0 Å². The first-order valence-corrected chi connectivity index (χ1v) is 6.16. The van der Waals surface area contributed by atoms with E-state index in [1.54, 1.807) is 18.3 Å². The van der Waals surface area contributed by atoms with Crippen molar-refractivity contribution < 1.29 is 4.79 Å². The number of nitrogens with one attached hydrogen (secondary N) is 1. The molecule has 1 amide bonds. The second-order valence-corrected chi connectivity index (χ2v) is 5.76. The van der Waals surface area contributed by atoms with Crippen LogP contribution in [-0.4, -0.2) is 16.9 Å². The van der Waals surface area contributed by atoms with Crippen molar-refractivity contribution in [1.29, 1.82) is 0 Å². The summed E-state index contributed by atoms with van der Waals surface area (Å²) in [6.07, 6.45) is 0. The van der Waals surface area contributed by atoms with Gasteiger partial charge in [0.25, 0.3) is 0 Å². The Labute approximate surface area is 100 Å². The van der Waals surface area contributed by atoms with Crippen LogP contribution in [0.15, 0.2) is 5.38 Å². The number of nitrogens with zero attached hydrogens (tertiary/aromatic N) is 1. The molecule has 0 aromatic carbocycles. The van der Waals surface area contributed by atoms with E-state index < -0.39 is 0 Å². The van der Waals surface area contributed by atoms with Crippen LogP contribution in [0.4, 0.5) is 0 Å². The van der Waals surface area contributed by atoms with Gasteiger partial charge in [-0.2, -0.15) is 0 Å². The Hall–Kier alpha value is -0.940. The smallest absolute Gasteiger partial charge is 0.234 e. The first kappa shape index (κ1) is 13.1. The van der Waals surface area contributed by atoms with Gasteiger partial charge in [-0.05, 0) is 6.92 Å². The zero-order valence-electron chi connectivity index (χ0n) is 10.2. The van der Waals surface area contributed by atoms with Crippen molar-refractivity contribution in [2.75, 3.05) is 0 Å². The molecule has 0 spiro atoms. The molecule has 1 aromatic heterocycles. The average Bonchev–Trinajstić information content (AvgIpc) is 2.61. The van der Waals surface area contributed by atoms with Crippen molar-refractivity contribution >= 4 is 17.2 Å². The van der Waals surface area contributed by atoms with E-state index in [0.717, 1.165) is 10.7 Å². The molecule has 5 heteroatoms. The first-order valence-electron chi connectivity index (χ1n) is 5.28. The summed E-state index contributed by atoms with van der Waals surface area (Å²) in [7, 11) is 0. The number of rotatable bonds is 4. The predicted molar refractivity (Wildman–Crippen MR) is 66.3 cm³/mol. The summed E-state index contributed by atoms with van der Waals surface area (Å²) < 4.78 is 0. The Morgan fingerprint density at radius 2 is 2.25 bits per heavy atom. The number of hydrogen-bond donors (Lipinski definition) is 2. The molecule has 1 atom stereocenters. The highest BCUT2D eigenvalue weighted by Crippen LogP contribution is 2.25. The lowest BCUT2D eigenvalue weighted by atomic mass is 9.98. The van der Waals surface area contributed by atoms with Crippen LogP contribution in [0.1, 0.15) is 38.4 Å². The Morgan fingerprint density at radius 1 is 1.62 bits per heavy atom. The van der Waals surface area contributed by atoms with Crippen LogP contribution >= 0.6 is 11.3 Å². The highest BCUT2D eigenvalue weighted by molar-refractivity contribution is 7.09. The van der Waals surface area contributed by atoms with Crippen molar-refractivity contribution in [1.82, 2.24) is 10.3 Å². The van der Waals surface area contributed by atoms with Crippen LogP contribution < -0.4 is 11.1 Å². The molecule has 4 nitrogen and oxygen atoms in total. The summed E-state index contributed by atoms with van der Waals surface area (Å²) in [6, 6.07) is -0.320. The van der Waals surface area contributed by atoms with Crippen LogP contribution in [0.2, 0.25) is 0 Å². The number of aromatic nitrogens is 1. The fourth-order valence-electron chi connectivity index (χ4n) is 1.09. The maximum atomic E-state index is 10.8. The fourth-order valence-corrected chi connectivity index (χ4v) is 2.00. The standard InChI is InChI=1S/C11H19N3OS/c1-7(9(12)15)13-5-8-6-16-10(14-8)11(2,3)4/h6-7,13H,5H2,1-4H3,(H2,12,15). The molecule has 90 valence electrons. The minimum atomic E-state index is -0.341. The van der Waals surface area contributed by atoms with E-state index in [2.05, 4.69) is 31.1 Å². The molecular weight excluding hydrogens is 222 g/mol. The van der Waals surface area contributed by atoms with Gasteiger partial charge >= 0.3 is 0 Å². The number of hydrogen-bond acceptors (Lipinski definition) is 4. The third kappa shape index (κ3) is 3.57. The lowest BCUT2D eigenvalue weighted by Crippen LogP contribution is -2.38. The van der Waals surface area contributed by atoms with E-state index in [4.69, 9.17) is 5.73 Å². The summed E-state index contributed by atoms with van der Waals surface area (Å²) in [6.45, 7) is 8.73. The minimum absolute atomic E-state index is 0.0816. The van der Waals surface area contributed by atoms with Gasteiger partial charge in [0.1, 0.15) is 0 Å². The number of carbonyl (C=O) groups is 1. The van der Waals surface area contributed by atoms with Crippen molar-refractivity contribution in [3.8, 4) is 0 Å². The SMILES string of the molecule is CC(NCc1csc(C(C)(C)C)n1)C(N)=O. The topological polar surface area (TPSA) is 68.0 Å². The molecule has 3 N–H and O–H groups in total. The van der Waals surface area contributed by atoms with Crippen LogP contribution in [0.5, 0.6) is 0 Å². The van der Waals surface area contributed by atoms with E-state index >= 15 is 0 Å². The summed E-state index contributed by atoms with van der Waals surface area (Å²) >= 11 is 1.65. The monoisotopic (exact) mass is 241 g/mol. The number of nitrogens with two attached hydrogens (primary N) is 1. The molecule has 0 saturated heterocycles. The third-order valence-corrected chi connectivity index (χ3v) is 3.53. The molecular formula is C11H19N3OS. The largest absolute Gasteiger partial charge is 0.368 e. The second kappa shape index (κ2) is 4.93. The summed E-state index contributed by atoms with van der Waals surface area (Å²) in [5, 5.41) is 6.16. The van der Waals surface area contributed by atoms with Crippen LogP contribution in [0, 0.1) is 0 Å². The van der Waals surface area contributed by atoms with Gasteiger partial charge in [-0.15, -0.1) is 11.3 Å². The van der Waals surface area contributed by atoms with E-state index in [-0.39, 0.29) is 17.4 Å². The Balaban J connectivity index is 2.57. The zero-order chi connectivity index (χ0) is 12.3. The Kier molecular flexibility index (Phi) is 4.04. The quantitative estimate of drug-likeness (QED) is 0.837. The molecule has 0 aliphatic rings. The van der Waals surface area contributed by atoms with Gasteiger partial charge < -0.3 is 11.1 Å². The summed E-state index contributed by atoms with van der Waals surface area (Å²) in [5.41, 5.74) is 6.20. The van der Waals surface area contributed by atoms with Crippen molar-refractivity contribution in [2.45, 2.75) is 45.7 Å². The highest BCUT2D eigenvalue weighted by Gasteiger charge is 2.18. The molecule has 16 heavy (non-hydrogen) atoms. The molecule has 1 unspecified atom stereocenters. The van der Waals surface area contributed by atoms with E-state index in [1.807, 2.05) is 5.38 Å². The number of primary amides is 1. The molecule has 1 rings (SSSR count). The first-order chi connectivity index (χ1) is 7.30. The molecule has 0 aliphatic carbocycles. The minimum Gasteiger partial charge on any atom is -0.368 e. The molecule has 0 fully saturated rings. The van der Waals surface area contributed by atoms with Gasteiger partial charge in [0.05, 0.1) is 16.7 Å². The third-order valence-electron chi connectivity index (χ3n) is 2.21. The zero-order valence-corrected chi connectivity index (χ0v) is 11.0. The fraction of sp³-hybridized carbons (Fsp3) is 0.636. The van der Waals surface area contributed by atoms with Crippen LogP contribution in [0.25, 0.3) is 0 Å². The Bertz CT molecular complexity index is 368.